The number of carbonyl (C=O) groups is 1. The standard InChI is InChI=1S/C18H19ClN2O2/c19-14-5-3-13(4-6-14)18(22)21-16-9-7-15(8-10-16)20-12-17-2-1-11-23-17/h3-10,17,20H,1-2,11-12H2,(H,21,22). The maximum absolute atomic E-state index is 12.1. The van der Waals surface area contributed by atoms with Gasteiger partial charge in [0.05, 0.1) is 6.10 Å². The normalized spacial score (nSPS) is 17.0. The number of rotatable bonds is 5. The van der Waals surface area contributed by atoms with Crippen LogP contribution >= 0.6 is 11.6 Å². The lowest BCUT2D eigenvalue weighted by molar-refractivity contribution is 0.102. The molecule has 2 N–H and O–H groups in total. The Hall–Kier alpha value is -2.04. The van der Waals surface area contributed by atoms with Crippen LogP contribution in [0.25, 0.3) is 0 Å². The molecular formula is C18H19ClN2O2. The molecule has 1 aliphatic heterocycles. The number of amides is 1. The summed E-state index contributed by atoms with van der Waals surface area (Å²) in [6, 6.07) is 14.5. The Bertz CT molecular complexity index is 650. The average Bonchev–Trinajstić information content (AvgIpc) is 3.08. The molecule has 1 aliphatic rings. The fourth-order valence-electron chi connectivity index (χ4n) is 2.51. The fraction of sp³-hybridized carbons (Fsp3) is 0.278. The van der Waals surface area contributed by atoms with Crippen molar-refractivity contribution in [2.24, 2.45) is 0 Å². The number of benzene rings is 2. The van der Waals surface area contributed by atoms with E-state index in [9.17, 15) is 4.79 Å². The molecule has 4 nitrogen and oxygen atoms in total. The van der Waals surface area contributed by atoms with E-state index in [0.29, 0.717) is 16.7 Å². The molecule has 0 bridgehead atoms. The number of carbonyl (C=O) groups excluding carboxylic acids is 1. The van der Waals surface area contributed by atoms with Gasteiger partial charge in [0.25, 0.3) is 5.91 Å². The Morgan fingerprint density at radius 2 is 1.78 bits per heavy atom. The van der Waals surface area contributed by atoms with Crippen molar-refractivity contribution in [3.63, 3.8) is 0 Å². The molecule has 0 radical (unpaired) electrons. The predicted octanol–water partition coefficient (Wildman–Crippen LogP) is 4.18. The molecular weight excluding hydrogens is 312 g/mol. The van der Waals surface area contributed by atoms with Crippen LogP contribution in [0.1, 0.15) is 23.2 Å². The summed E-state index contributed by atoms with van der Waals surface area (Å²) in [7, 11) is 0. The summed E-state index contributed by atoms with van der Waals surface area (Å²) in [6.45, 7) is 1.68. The van der Waals surface area contributed by atoms with Crippen LogP contribution < -0.4 is 10.6 Å². The maximum atomic E-state index is 12.1. The van der Waals surface area contributed by atoms with Crippen LogP contribution in [0.4, 0.5) is 11.4 Å². The summed E-state index contributed by atoms with van der Waals surface area (Å²) < 4.78 is 5.58. The number of hydrogen-bond donors (Lipinski definition) is 2. The summed E-state index contributed by atoms with van der Waals surface area (Å²) in [4.78, 5) is 12.1. The smallest absolute Gasteiger partial charge is 0.255 e. The second-order valence-electron chi connectivity index (χ2n) is 5.55. The molecule has 120 valence electrons. The first kappa shape index (κ1) is 15.8. The zero-order chi connectivity index (χ0) is 16.1. The van der Waals surface area contributed by atoms with E-state index < -0.39 is 0 Å². The highest BCUT2D eigenvalue weighted by molar-refractivity contribution is 6.30. The Labute approximate surface area is 140 Å². The molecule has 5 heteroatoms. The number of anilines is 2. The van der Waals surface area contributed by atoms with Gasteiger partial charge < -0.3 is 15.4 Å². The first-order chi connectivity index (χ1) is 11.2. The van der Waals surface area contributed by atoms with E-state index >= 15 is 0 Å². The van der Waals surface area contributed by atoms with Gasteiger partial charge in [0, 0.05) is 35.1 Å². The van der Waals surface area contributed by atoms with E-state index in [4.69, 9.17) is 16.3 Å². The average molecular weight is 331 g/mol. The van der Waals surface area contributed by atoms with Gasteiger partial charge in [-0.1, -0.05) is 11.6 Å². The number of hydrogen-bond acceptors (Lipinski definition) is 3. The Balaban J connectivity index is 1.54. The number of nitrogens with one attached hydrogen (secondary N) is 2. The van der Waals surface area contributed by atoms with Gasteiger partial charge in [0.15, 0.2) is 0 Å². The van der Waals surface area contributed by atoms with Gasteiger partial charge in [0.1, 0.15) is 0 Å². The molecule has 1 unspecified atom stereocenters. The topological polar surface area (TPSA) is 50.4 Å². The second-order valence-corrected chi connectivity index (χ2v) is 5.99. The molecule has 23 heavy (non-hydrogen) atoms. The van der Waals surface area contributed by atoms with Gasteiger partial charge in [-0.3, -0.25) is 4.79 Å². The van der Waals surface area contributed by atoms with E-state index in [-0.39, 0.29) is 5.91 Å². The van der Waals surface area contributed by atoms with Gasteiger partial charge in [-0.05, 0) is 61.4 Å². The molecule has 1 saturated heterocycles. The van der Waals surface area contributed by atoms with E-state index in [0.717, 1.165) is 37.4 Å². The summed E-state index contributed by atoms with van der Waals surface area (Å²) >= 11 is 5.82. The van der Waals surface area contributed by atoms with Crippen molar-refractivity contribution in [3.05, 3.63) is 59.1 Å². The van der Waals surface area contributed by atoms with Gasteiger partial charge in [-0.2, -0.15) is 0 Å². The highest BCUT2D eigenvalue weighted by Crippen LogP contribution is 2.17. The van der Waals surface area contributed by atoms with Crippen molar-refractivity contribution in [3.8, 4) is 0 Å². The van der Waals surface area contributed by atoms with Crippen LogP contribution in [-0.4, -0.2) is 25.2 Å². The maximum Gasteiger partial charge on any atom is 0.255 e. The van der Waals surface area contributed by atoms with Gasteiger partial charge in [-0.15, -0.1) is 0 Å². The minimum Gasteiger partial charge on any atom is -0.382 e. The van der Waals surface area contributed by atoms with Crippen LogP contribution in [0.5, 0.6) is 0 Å². The van der Waals surface area contributed by atoms with Crippen LogP contribution in [0.3, 0.4) is 0 Å². The van der Waals surface area contributed by atoms with Gasteiger partial charge in [-0.25, -0.2) is 0 Å². The Morgan fingerprint density at radius 1 is 1.09 bits per heavy atom. The van der Waals surface area contributed by atoms with Crippen LogP contribution in [-0.2, 0) is 4.74 Å². The third kappa shape index (κ3) is 4.47. The van der Waals surface area contributed by atoms with Crippen molar-refractivity contribution >= 4 is 28.9 Å². The predicted molar refractivity (Wildman–Crippen MR) is 93.3 cm³/mol. The fourth-order valence-corrected chi connectivity index (χ4v) is 2.64. The minimum absolute atomic E-state index is 0.151. The van der Waals surface area contributed by atoms with Gasteiger partial charge in [0.2, 0.25) is 0 Å². The molecule has 3 rings (SSSR count). The molecule has 0 aromatic heterocycles. The van der Waals surface area contributed by atoms with E-state index in [1.54, 1.807) is 24.3 Å². The van der Waals surface area contributed by atoms with Crippen LogP contribution in [0.2, 0.25) is 5.02 Å². The third-order valence-electron chi connectivity index (χ3n) is 3.81. The molecule has 2 aromatic rings. The first-order valence-corrected chi connectivity index (χ1v) is 8.11. The Morgan fingerprint density at radius 3 is 2.43 bits per heavy atom. The highest BCUT2D eigenvalue weighted by atomic mass is 35.5. The van der Waals surface area contributed by atoms with Crippen molar-refractivity contribution in [1.82, 2.24) is 0 Å². The molecule has 2 aromatic carbocycles. The molecule has 1 amide bonds. The molecule has 0 aliphatic carbocycles. The van der Waals surface area contributed by atoms with Crippen LogP contribution in [0, 0.1) is 0 Å². The van der Waals surface area contributed by atoms with Crippen molar-refractivity contribution in [2.75, 3.05) is 23.8 Å². The lowest BCUT2D eigenvalue weighted by Gasteiger charge is -2.12. The largest absolute Gasteiger partial charge is 0.382 e. The van der Waals surface area contributed by atoms with Crippen LogP contribution in [0.15, 0.2) is 48.5 Å². The first-order valence-electron chi connectivity index (χ1n) is 7.73. The summed E-state index contributed by atoms with van der Waals surface area (Å²) in [6.07, 6.45) is 2.56. The SMILES string of the molecule is O=C(Nc1ccc(NCC2CCCO2)cc1)c1ccc(Cl)cc1. The monoisotopic (exact) mass is 330 g/mol. The quantitative estimate of drug-likeness (QED) is 0.864. The highest BCUT2D eigenvalue weighted by Gasteiger charge is 2.14. The minimum atomic E-state index is -0.151. The second kappa shape index (κ2) is 7.49. The zero-order valence-corrected chi connectivity index (χ0v) is 13.5. The summed E-state index contributed by atoms with van der Waals surface area (Å²) in [5.41, 5.74) is 2.35. The van der Waals surface area contributed by atoms with Crippen molar-refractivity contribution < 1.29 is 9.53 Å². The molecule has 1 atom stereocenters. The number of ether oxygens (including phenoxy) is 1. The van der Waals surface area contributed by atoms with E-state index in [1.807, 2.05) is 24.3 Å². The zero-order valence-electron chi connectivity index (χ0n) is 12.7. The Kier molecular flexibility index (Phi) is 5.16. The molecule has 0 saturated carbocycles. The lowest BCUT2D eigenvalue weighted by atomic mass is 10.2. The molecule has 0 spiro atoms. The molecule has 1 fully saturated rings. The van der Waals surface area contributed by atoms with E-state index in [2.05, 4.69) is 10.6 Å². The van der Waals surface area contributed by atoms with Crippen molar-refractivity contribution in [2.45, 2.75) is 18.9 Å². The van der Waals surface area contributed by atoms with Crippen molar-refractivity contribution in [1.29, 1.82) is 0 Å². The summed E-state index contributed by atoms with van der Waals surface area (Å²) in [5, 5.41) is 6.83. The summed E-state index contributed by atoms with van der Waals surface area (Å²) in [5.74, 6) is -0.151. The lowest BCUT2D eigenvalue weighted by Crippen LogP contribution is -2.18. The molecule has 1 heterocycles. The number of halogens is 1. The van der Waals surface area contributed by atoms with Gasteiger partial charge >= 0.3 is 0 Å². The van der Waals surface area contributed by atoms with E-state index in [1.165, 1.54) is 0 Å². The third-order valence-corrected chi connectivity index (χ3v) is 4.06.